The zero-order valence-corrected chi connectivity index (χ0v) is 14.7. The van der Waals surface area contributed by atoms with Crippen molar-refractivity contribution in [1.29, 1.82) is 0 Å². The van der Waals surface area contributed by atoms with E-state index in [-0.39, 0.29) is 10.8 Å². The molecule has 0 atom stereocenters. The van der Waals surface area contributed by atoms with Crippen molar-refractivity contribution in [3.05, 3.63) is 24.3 Å². The average Bonchev–Trinajstić information content (AvgIpc) is 2.60. The van der Waals surface area contributed by atoms with Gasteiger partial charge in [-0.25, -0.2) is 8.42 Å². The fourth-order valence-corrected chi connectivity index (χ4v) is 3.83. The van der Waals surface area contributed by atoms with E-state index in [0.29, 0.717) is 58.0 Å². The van der Waals surface area contributed by atoms with E-state index in [2.05, 4.69) is 5.32 Å². The molecule has 1 aromatic rings. The summed E-state index contributed by atoms with van der Waals surface area (Å²) in [5.74, 6) is -0.157. The summed E-state index contributed by atoms with van der Waals surface area (Å²) in [5, 5.41) is 2.73. The van der Waals surface area contributed by atoms with Gasteiger partial charge in [0.15, 0.2) is 0 Å². The van der Waals surface area contributed by atoms with Crippen molar-refractivity contribution in [2.45, 2.75) is 24.7 Å². The second kappa shape index (κ2) is 9.12. The van der Waals surface area contributed by atoms with Crippen molar-refractivity contribution < 1.29 is 22.7 Å². The van der Waals surface area contributed by atoms with E-state index in [0.717, 1.165) is 0 Å². The van der Waals surface area contributed by atoms with E-state index < -0.39 is 10.0 Å². The average molecular weight is 356 g/mol. The predicted octanol–water partition coefficient (Wildman–Crippen LogP) is 1.46. The van der Waals surface area contributed by atoms with Crippen molar-refractivity contribution in [2.24, 2.45) is 0 Å². The minimum atomic E-state index is -3.56. The lowest BCUT2D eigenvalue weighted by molar-refractivity contribution is -0.116. The van der Waals surface area contributed by atoms with Crippen LogP contribution in [-0.2, 0) is 24.3 Å². The molecule has 8 heteroatoms. The lowest BCUT2D eigenvalue weighted by atomic mass is 10.2. The van der Waals surface area contributed by atoms with Crippen molar-refractivity contribution in [3.8, 4) is 0 Å². The fourth-order valence-electron chi connectivity index (χ4n) is 2.37. The summed E-state index contributed by atoms with van der Waals surface area (Å²) in [6.45, 7) is 4.55. The number of carbonyl (C=O) groups is 1. The third-order valence-corrected chi connectivity index (χ3v) is 5.52. The van der Waals surface area contributed by atoms with Crippen molar-refractivity contribution >= 4 is 21.6 Å². The van der Waals surface area contributed by atoms with Gasteiger partial charge in [-0.1, -0.05) is 6.07 Å². The molecule has 1 saturated heterocycles. The Bertz CT molecular complexity index is 642. The van der Waals surface area contributed by atoms with E-state index in [1.807, 2.05) is 6.92 Å². The van der Waals surface area contributed by atoms with Crippen LogP contribution in [0.2, 0.25) is 0 Å². The highest BCUT2D eigenvalue weighted by molar-refractivity contribution is 7.89. The van der Waals surface area contributed by atoms with E-state index in [1.165, 1.54) is 16.4 Å². The van der Waals surface area contributed by atoms with Gasteiger partial charge in [0.2, 0.25) is 15.9 Å². The zero-order valence-electron chi connectivity index (χ0n) is 13.9. The largest absolute Gasteiger partial charge is 0.382 e. The molecule has 1 aromatic carbocycles. The maximum Gasteiger partial charge on any atom is 0.243 e. The number of nitrogens with zero attached hydrogens (tertiary/aromatic N) is 1. The highest BCUT2D eigenvalue weighted by atomic mass is 32.2. The Kier molecular flexibility index (Phi) is 7.16. The molecule has 1 aliphatic heterocycles. The molecule has 2 rings (SSSR count). The quantitative estimate of drug-likeness (QED) is 0.713. The van der Waals surface area contributed by atoms with Crippen molar-refractivity contribution in [3.63, 3.8) is 0 Å². The van der Waals surface area contributed by atoms with Gasteiger partial charge in [-0.05, 0) is 31.5 Å². The van der Waals surface area contributed by atoms with E-state index >= 15 is 0 Å². The minimum Gasteiger partial charge on any atom is -0.382 e. The number of morpholine rings is 1. The number of rotatable bonds is 8. The van der Waals surface area contributed by atoms with Crippen LogP contribution >= 0.6 is 0 Å². The summed E-state index contributed by atoms with van der Waals surface area (Å²) in [6, 6.07) is 6.34. The number of anilines is 1. The Labute approximate surface area is 143 Å². The molecule has 1 N–H and O–H groups in total. The normalized spacial score (nSPS) is 16.0. The Hall–Kier alpha value is -1.48. The van der Waals surface area contributed by atoms with Crippen LogP contribution in [0.25, 0.3) is 0 Å². The van der Waals surface area contributed by atoms with Crippen LogP contribution in [0.5, 0.6) is 0 Å². The van der Waals surface area contributed by atoms with Crippen molar-refractivity contribution in [2.75, 3.05) is 44.8 Å². The highest BCUT2D eigenvalue weighted by Gasteiger charge is 2.26. The fraction of sp³-hybridized carbons (Fsp3) is 0.562. The molecule has 0 spiro atoms. The SMILES string of the molecule is CCOCCCC(=O)Nc1cccc(S(=O)(=O)N2CCOCC2)c1. The maximum absolute atomic E-state index is 12.6. The molecule has 0 aromatic heterocycles. The summed E-state index contributed by atoms with van der Waals surface area (Å²) in [6.07, 6.45) is 0.964. The van der Waals surface area contributed by atoms with Crippen LogP contribution in [0, 0.1) is 0 Å². The van der Waals surface area contributed by atoms with Crippen LogP contribution in [0.1, 0.15) is 19.8 Å². The number of ether oxygens (including phenoxy) is 2. The molecule has 24 heavy (non-hydrogen) atoms. The van der Waals surface area contributed by atoms with Crippen LogP contribution in [-0.4, -0.2) is 58.1 Å². The summed E-state index contributed by atoms with van der Waals surface area (Å²) in [5.41, 5.74) is 0.478. The molecule has 1 aliphatic rings. The molecule has 1 amide bonds. The monoisotopic (exact) mass is 356 g/mol. The maximum atomic E-state index is 12.6. The summed E-state index contributed by atoms with van der Waals surface area (Å²) in [7, 11) is -3.56. The first-order chi connectivity index (χ1) is 11.5. The van der Waals surface area contributed by atoms with E-state index in [1.54, 1.807) is 12.1 Å². The molecule has 0 bridgehead atoms. The second-order valence-corrected chi connectivity index (χ2v) is 7.33. The predicted molar refractivity (Wildman–Crippen MR) is 90.4 cm³/mol. The number of sulfonamides is 1. The Morgan fingerprint density at radius 1 is 1.33 bits per heavy atom. The van der Waals surface area contributed by atoms with Gasteiger partial charge in [0.25, 0.3) is 0 Å². The Balaban J connectivity index is 1.99. The number of hydrogen-bond acceptors (Lipinski definition) is 5. The Morgan fingerprint density at radius 2 is 2.08 bits per heavy atom. The number of amides is 1. The second-order valence-electron chi connectivity index (χ2n) is 5.39. The number of benzene rings is 1. The molecule has 1 fully saturated rings. The summed E-state index contributed by atoms with van der Waals surface area (Å²) in [4.78, 5) is 12.1. The first-order valence-corrected chi connectivity index (χ1v) is 9.53. The van der Waals surface area contributed by atoms with Gasteiger partial charge < -0.3 is 14.8 Å². The lowest BCUT2D eigenvalue weighted by Crippen LogP contribution is -2.40. The van der Waals surface area contributed by atoms with Crippen LogP contribution in [0.4, 0.5) is 5.69 Å². The molecule has 0 saturated carbocycles. The topological polar surface area (TPSA) is 84.9 Å². The zero-order chi connectivity index (χ0) is 17.4. The number of hydrogen-bond donors (Lipinski definition) is 1. The standard InChI is InChI=1S/C16H24N2O5S/c1-2-22-10-4-7-16(19)17-14-5-3-6-15(13-14)24(20,21)18-8-11-23-12-9-18/h3,5-6,13H,2,4,7-12H2,1H3,(H,17,19). The van der Waals surface area contributed by atoms with Gasteiger partial charge in [0.1, 0.15) is 0 Å². The molecule has 1 heterocycles. The third-order valence-electron chi connectivity index (χ3n) is 3.62. The first kappa shape index (κ1) is 18.9. The van der Waals surface area contributed by atoms with E-state index in [4.69, 9.17) is 9.47 Å². The molecular weight excluding hydrogens is 332 g/mol. The molecule has 0 radical (unpaired) electrons. The molecule has 7 nitrogen and oxygen atoms in total. The van der Waals surface area contributed by atoms with Crippen LogP contribution in [0.15, 0.2) is 29.2 Å². The lowest BCUT2D eigenvalue weighted by Gasteiger charge is -2.26. The van der Waals surface area contributed by atoms with Gasteiger partial charge >= 0.3 is 0 Å². The van der Waals surface area contributed by atoms with E-state index in [9.17, 15) is 13.2 Å². The van der Waals surface area contributed by atoms with Crippen molar-refractivity contribution in [1.82, 2.24) is 4.31 Å². The third kappa shape index (κ3) is 5.27. The Morgan fingerprint density at radius 3 is 2.79 bits per heavy atom. The van der Waals surface area contributed by atoms with Gasteiger partial charge in [-0.15, -0.1) is 0 Å². The molecule has 0 unspecified atom stereocenters. The van der Waals surface area contributed by atoms with Gasteiger partial charge in [-0.2, -0.15) is 4.31 Å². The first-order valence-electron chi connectivity index (χ1n) is 8.09. The summed E-state index contributed by atoms with van der Waals surface area (Å²) >= 11 is 0. The highest BCUT2D eigenvalue weighted by Crippen LogP contribution is 2.20. The minimum absolute atomic E-state index is 0.157. The molecular formula is C16H24N2O5S. The van der Waals surface area contributed by atoms with Crippen LogP contribution < -0.4 is 5.32 Å². The van der Waals surface area contributed by atoms with Crippen LogP contribution in [0.3, 0.4) is 0 Å². The molecule has 134 valence electrons. The van der Waals surface area contributed by atoms with Gasteiger partial charge in [0, 0.05) is 38.4 Å². The summed E-state index contributed by atoms with van der Waals surface area (Å²) < 4.78 is 37.0. The van der Waals surface area contributed by atoms with Gasteiger partial charge in [-0.3, -0.25) is 4.79 Å². The number of nitrogens with one attached hydrogen (secondary N) is 1. The molecule has 0 aliphatic carbocycles. The smallest absolute Gasteiger partial charge is 0.243 e. The van der Waals surface area contributed by atoms with Gasteiger partial charge in [0.05, 0.1) is 18.1 Å². The number of carbonyl (C=O) groups excluding carboxylic acids is 1.